The summed E-state index contributed by atoms with van der Waals surface area (Å²) in [7, 11) is 0. The fourth-order valence-corrected chi connectivity index (χ4v) is 10.7. The van der Waals surface area contributed by atoms with Gasteiger partial charge in [0.15, 0.2) is 23.1 Å². The van der Waals surface area contributed by atoms with Gasteiger partial charge in [-0.3, -0.25) is 24.0 Å². The number of hydrogen-bond acceptors (Lipinski definition) is 11. The van der Waals surface area contributed by atoms with Crippen LogP contribution in [0.15, 0.2) is 248 Å². The molecule has 0 spiro atoms. The van der Waals surface area contributed by atoms with Gasteiger partial charge in [-0.15, -0.1) is 0 Å². The van der Waals surface area contributed by atoms with Crippen LogP contribution in [-0.4, -0.2) is 65.0 Å². The largest absolute Gasteiger partial charge is 1.00 e. The number of benzene rings is 8. The molecule has 0 bridgehead atoms. The number of allylic oxidation sites excluding steroid dienone is 5. The first-order valence-corrected chi connectivity index (χ1v) is 30.7. The Morgan fingerprint density at radius 2 is 0.722 bits per heavy atom. The van der Waals surface area contributed by atoms with E-state index in [4.69, 9.17) is 11.5 Å². The number of ketones is 4. The van der Waals surface area contributed by atoms with E-state index in [1.54, 1.807) is 32.1 Å². The Bertz CT molecular complexity index is 3520. The van der Waals surface area contributed by atoms with Crippen LogP contribution in [0.25, 0.3) is 50.3 Å². The molecule has 0 saturated heterocycles. The first-order chi connectivity index (χ1) is 43.0. The zero-order valence-corrected chi connectivity index (χ0v) is 56.4. The fraction of sp³-hybridized carbons (Fsp3) is 0.244. The van der Waals surface area contributed by atoms with Crippen LogP contribution in [-0.2, 0) is 14.3 Å². The molecule has 2 aliphatic rings. The number of ether oxygens (including phenoxy) is 1. The van der Waals surface area contributed by atoms with Gasteiger partial charge in [-0.05, 0) is 105 Å². The minimum atomic E-state index is -0.211. The van der Waals surface area contributed by atoms with Crippen LogP contribution < -0.4 is 73.5 Å². The molecule has 12 heteroatoms. The van der Waals surface area contributed by atoms with E-state index in [-0.39, 0.29) is 112 Å². The molecule has 0 amide bonds. The molecule has 2 saturated carbocycles. The number of hydrogen-bond donors (Lipinski definition) is 5. The van der Waals surface area contributed by atoms with Crippen LogP contribution in [0.5, 0.6) is 0 Å². The molecule has 7 N–H and O–H groups in total. The van der Waals surface area contributed by atoms with Gasteiger partial charge in [0.1, 0.15) is 5.76 Å². The third kappa shape index (κ3) is 23.8. The second-order valence-electron chi connectivity index (χ2n) is 22.0. The molecule has 90 heavy (non-hydrogen) atoms. The van der Waals surface area contributed by atoms with Crippen molar-refractivity contribution in [3.8, 4) is 44.5 Å². The molecule has 0 aliphatic heterocycles. The van der Waals surface area contributed by atoms with Crippen molar-refractivity contribution < 1.29 is 86.6 Å². The van der Waals surface area contributed by atoms with E-state index in [1.807, 2.05) is 226 Å². The first kappa shape index (κ1) is 72.8. The molecule has 2 aliphatic carbocycles. The Labute approximate surface area is 577 Å². The maximum absolute atomic E-state index is 13.4. The number of aliphatic hydroxyl groups is 1. The minimum Gasteiger partial charge on any atom is -1.00 e. The molecule has 0 heterocycles. The summed E-state index contributed by atoms with van der Waals surface area (Å²) in [6, 6.07) is 71.3. The van der Waals surface area contributed by atoms with Crippen LogP contribution in [0.1, 0.15) is 131 Å². The van der Waals surface area contributed by atoms with Gasteiger partial charge in [0.2, 0.25) is 0 Å². The van der Waals surface area contributed by atoms with Crippen molar-refractivity contribution in [2.75, 3.05) is 6.61 Å². The molecule has 0 radical (unpaired) electrons. The number of carbonyl (C=O) groups is 5. The van der Waals surface area contributed by atoms with E-state index in [0.29, 0.717) is 23.3 Å². The topological polar surface area (TPSA) is 191 Å². The zero-order valence-electron chi connectivity index (χ0n) is 54.2. The molecular weight excluding hydrogens is 1140 g/mol. The van der Waals surface area contributed by atoms with Gasteiger partial charge in [0.25, 0.3) is 0 Å². The number of nitrogens with two attached hydrogens (primary N) is 2. The van der Waals surface area contributed by atoms with E-state index in [9.17, 15) is 29.1 Å². The summed E-state index contributed by atoms with van der Waals surface area (Å²) in [5.41, 5.74) is 23.8. The van der Waals surface area contributed by atoms with Crippen LogP contribution >= 0.6 is 0 Å². The number of carbonyl (C=O) groups excluding carboxylic acids is 5. The van der Waals surface area contributed by atoms with Gasteiger partial charge < -0.3 is 33.4 Å². The molecular formula is C78H87KN4O7. The minimum absolute atomic E-state index is 0. The SMILES string of the molecule is C/C(=C/C(=O)c1ccccc1-c1ccccc1)NC1CCCCC1N/C(C)=C\C(=O)c1ccccc1-c1ccccc1.CC(=O)C=C(O)c1ccccc1-c1ccccc1.CC(=O)c1ccccc1-c1ccccc1.CCOC(C)=O.NC1CCCCC1N.[H-].[K+]. The van der Waals surface area contributed by atoms with Crippen LogP contribution in [0.3, 0.4) is 0 Å². The van der Waals surface area contributed by atoms with Gasteiger partial charge in [-0.1, -0.05) is 244 Å². The Hall–Kier alpha value is -7.91. The third-order valence-electron chi connectivity index (χ3n) is 15.1. The van der Waals surface area contributed by atoms with Crippen LogP contribution in [0, 0.1) is 0 Å². The maximum atomic E-state index is 13.4. The normalized spacial score (nSPS) is 16.1. The fourth-order valence-electron chi connectivity index (χ4n) is 10.7. The van der Waals surface area contributed by atoms with E-state index in [2.05, 4.69) is 15.4 Å². The Kier molecular flexibility index (Phi) is 31.8. The number of aliphatic hydroxyl groups excluding tert-OH is 1. The summed E-state index contributed by atoms with van der Waals surface area (Å²) in [6.07, 6.45) is 13.7. The average Bonchev–Trinajstić information content (AvgIpc) is 1.96. The van der Waals surface area contributed by atoms with Gasteiger partial charge in [0, 0.05) is 83.0 Å². The summed E-state index contributed by atoms with van der Waals surface area (Å²) >= 11 is 0. The van der Waals surface area contributed by atoms with E-state index in [1.165, 1.54) is 32.8 Å². The molecule has 4 unspecified atom stereocenters. The van der Waals surface area contributed by atoms with Gasteiger partial charge >= 0.3 is 57.4 Å². The predicted molar refractivity (Wildman–Crippen MR) is 365 cm³/mol. The number of nitrogens with one attached hydrogen (secondary N) is 2. The van der Waals surface area contributed by atoms with Crippen molar-refractivity contribution in [1.29, 1.82) is 0 Å². The number of rotatable bonds is 16. The van der Waals surface area contributed by atoms with E-state index in [0.717, 1.165) is 100.0 Å². The van der Waals surface area contributed by atoms with Crippen LogP contribution in [0.4, 0.5) is 0 Å². The number of Topliss-reactive ketones (excluding diaryl/α,β-unsaturated/α-hetero) is 1. The van der Waals surface area contributed by atoms with E-state index < -0.39 is 0 Å². The quantitative estimate of drug-likeness (QED) is 0.0203. The molecule has 4 atom stereocenters. The van der Waals surface area contributed by atoms with Gasteiger partial charge in [-0.2, -0.15) is 0 Å². The van der Waals surface area contributed by atoms with E-state index >= 15 is 0 Å². The Balaban J connectivity index is 0.000000294. The zero-order chi connectivity index (χ0) is 63.9. The predicted octanol–water partition coefficient (Wildman–Crippen LogP) is 13.7. The molecule has 8 aromatic rings. The summed E-state index contributed by atoms with van der Waals surface area (Å²) in [4.78, 5) is 59.0. The van der Waals surface area contributed by atoms with Crippen molar-refractivity contribution in [3.05, 3.63) is 270 Å². The van der Waals surface area contributed by atoms with Crippen molar-refractivity contribution in [2.24, 2.45) is 11.5 Å². The third-order valence-corrected chi connectivity index (χ3v) is 15.1. The molecule has 462 valence electrons. The standard InChI is InChI=1S/C38H38N2O2.C16H14O2.C14H12O.C6H14N2.C4H8O2.K.H/c1-27(25-37(41)33-21-11-9-19-31(33)29-15-5-3-6-16-29)39-35-23-13-14-24-36(35)40-28(2)26-38(42)34-22-12-10-20-32(34)30-17-7-4-8-18-30;1-12(17)11-16(18)15-10-6-5-9-14(15)13-7-3-2-4-8-13;1-11(15)13-9-5-6-10-14(13)12-7-3-2-4-8-12;7-5-3-1-2-4-6(5)8;1-3-6-4(2)5;;/h3-12,15-22,25-26,35-36,39-40H,13-14,23-24H2,1-2H3;2-11,18H,1H3;2-10H,1H3;5-6H,1-4,7-8H2;3H2,1-2H3;;/q;;;;;+1;-1/b27-25-,28-26-;;;;;;. The molecule has 8 aromatic carbocycles. The number of esters is 1. The average molecular weight is 1230 g/mol. The second kappa shape index (κ2) is 39.3. The van der Waals surface area contributed by atoms with Crippen LogP contribution in [0.2, 0.25) is 0 Å². The van der Waals surface area contributed by atoms with Gasteiger partial charge in [0.05, 0.1) is 6.61 Å². The van der Waals surface area contributed by atoms with Crippen molar-refractivity contribution >= 4 is 34.9 Å². The van der Waals surface area contributed by atoms with Crippen molar-refractivity contribution in [3.63, 3.8) is 0 Å². The van der Waals surface area contributed by atoms with Crippen molar-refractivity contribution in [2.45, 2.75) is 117 Å². The summed E-state index contributed by atoms with van der Waals surface area (Å²) < 4.78 is 4.40. The smallest absolute Gasteiger partial charge is 1.00 e. The molecule has 11 nitrogen and oxygen atoms in total. The first-order valence-electron chi connectivity index (χ1n) is 30.7. The Morgan fingerprint density at radius 1 is 0.433 bits per heavy atom. The maximum Gasteiger partial charge on any atom is 1.00 e. The molecule has 10 rings (SSSR count). The Morgan fingerprint density at radius 3 is 1.02 bits per heavy atom. The second-order valence-corrected chi connectivity index (χ2v) is 22.0. The molecule has 0 aromatic heterocycles. The van der Waals surface area contributed by atoms with Crippen molar-refractivity contribution in [1.82, 2.24) is 10.6 Å². The molecule has 2 fully saturated rings. The summed E-state index contributed by atoms with van der Waals surface area (Å²) in [6.45, 7) is 10.6. The van der Waals surface area contributed by atoms with Gasteiger partial charge in [-0.25, -0.2) is 0 Å². The summed E-state index contributed by atoms with van der Waals surface area (Å²) in [5.74, 6) is -0.304. The summed E-state index contributed by atoms with van der Waals surface area (Å²) in [5, 5.41) is 17.2. The monoisotopic (exact) mass is 1230 g/mol.